The maximum Gasteiger partial charge on any atom is 0.248 e. The van der Waals surface area contributed by atoms with Crippen LogP contribution in [-0.2, 0) is 4.79 Å². The number of hydrogen-bond donors (Lipinski definition) is 1. The van der Waals surface area contributed by atoms with Gasteiger partial charge in [0.05, 0.1) is 0 Å². The highest BCUT2D eigenvalue weighted by atomic mass is 16.1. The van der Waals surface area contributed by atoms with Crippen molar-refractivity contribution in [2.45, 2.75) is 39.7 Å². The minimum atomic E-state index is -0.0921. The summed E-state index contributed by atoms with van der Waals surface area (Å²) in [6.45, 7) is 6.25. The van der Waals surface area contributed by atoms with Gasteiger partial charge in [0.1, 0.15) is 0 Å². The average molecular weight is 294 g/mol. The first-order chi connectivity index (χ1) is 10.6. The Morgan fingerprint density at radius 2 is 1.95 bits per heavy atom. The lowest BCUT2D eigenvalue weighted by molar-refractivity contribution is -0.111. The first-order valence-corrected chi connectivity index (χ1v) is 7.79. The Labute approximate surface area is 131 Å². The van der Waals surface area contributed by atoms with Gasteiger partial charge in [0.2, 0.25) is 5.91 Å². The van der Waals surface area contributed by atoms with Gasteiger partial charge in [0.15, 0.2) is 0 Å². The molecule has 22 heavy (non-hydrogen) atoms. The molecule has 2 aromatic rings. The third kappa shape index (κ3) is 2.98. The van der Waals surface area contributed by atoms with Crippen LogP contribution in [0, 0.1) is 20.8 Å². The number of nitrogens with one attached hydrogen (secondary N) is 1. The summed E-state index contributed by atoms with van der Waals surface area (Å²) < 4.78 is 2.39. The Hall–Kier alpha value is -2.29. The van der Waals surface area contributed by atoms with Crippen molar-refractivity contribution >= 4 is 17.7 Å². The third-order valence-corrected chi connectivity index (χ3v) is 4.25. The summed E-state index contributed by atoms with van der Waals surface area (Å²) in [5.41, 5.74) is 5.58. The second-order valence-electron chi connectivity index (χ2n) is 6.07. The van der Waals surface area contributed by atoms with E-state index >= 15 is 0 Å². The van der Waals surface area contributed by atoms with E-state index < -0.39 is 0 Å². The standard InChI is InChI=1S/C19H22N2O/c1-13-6-4-5-7-18(13)20-19(22)11-8-16-12-14(2)21(15(16)3)17-9-10-17/h4-8,11-12,17H,9-10H2,1-3H3,(H,20,22)/b11-8+. The summed E-state index contributed by atoms with van der Waals surface area (Å²) in [6, 6.07) is 10.6. The molecule has 1 amide bonds. The zero-order valence-electron chi connectivity index (χ0n) is 13.4. The first kappa shape index (κ1) is 14.6. The Bertz CT molecular complexity index is 736. The highest BCUT2D eigenvalue weighted by molar-refractivity contribution is 6.02. The van der Waals surface area contributed by atoms with Crippen LogP contribution in [0.15, 0.2) is 36.4 Å². The molecule has 1 N–H and O–H groups in total. The van der Waals surface area contributed by atoms with E-state index in [1.54, 1.807) is 6.08 Å². The molecule has 0 saturated heterocycles. The lowest BCUT2D eigenvalue weighted by Gasteiger charge is -2.07. The zero-order valence-corrected chi connectivity index (χ0v) is 13.4. The Balaban J connectivity index is 1.73. The molecule has 114 valence electrons. The number of rotatable bonds is 4. The number of benzene rings is 1. The molecule has 3 rings (SSSR count). The van der Waals surface area contributed by atoms with Gasteiger partial charge < -0.3 is 9.88 Å². The van der Waals surface area contributed by atoms with E-state index in [0.717, 1.165) is 16.8 Å². The lowest BCUT2D eigenvalue weighted by atomic mass is 10.2. The Morgan fingerprint density at radius 1 is 1.23 bits per heavy atom. The number of amides is 1. The van der Waals surface area contributed by atoms with E-state index in [2.05, 4.69) is 29.8 Å². The number of para-hydroxylation sites is 1. The van der Waals surface area contributed by atoms with Crippen molar-refractivity contribution in [3.05, 3.63) is 58.9 Å². The normalized spacial score (nSPS) is 14.5. The topological polar surface area (TPSA) is 34.0 Å². The van der Waals surface area contributed by atoms with Crippen molar-refractivity contribution in [3.63, 3.8) is 0 Å². The summed E-state index contributed by atoms with van der Waals surface area (Å²) in [4.78, 5) is 12.1. The predicted molar refractivity (Wildman–Crippen MR) is 91.0 cm³/mol. The largest absolute Gasteiger partial charge is 0.346 e. The molecule has 0 atom stereocenters. The highest BCUT2D eigenvalue weighted by Crippen LogP contribution is 2.38. The molecule has 1 saturated carbocycles. The quantitative estimate of drug-likeness (QED) is 0.833. The number of aryl methyl sites for hydroxylation is 2. The van der Waals surface area contributed by atoms with E-state index in [9.17, 15) is 4.79 Å². The van der Waals surface area contributed by atoms with Gasteiger partial charge in [-0.2, -0.15) is 0 Å². The van der Waals surface area contributed by atoms with E-state index in [1.807, 2.05) is 37.3 Å². The Morgan fingerprint density at radius 3 is 2.64 bits per heavy atom. The van der Waals surface area contributed by atoms with Crippen LogP contribution < -0.4 is 5.32 Å². The van der Waals surface area contributed by atoms with Crippen LogP contribution in [0.25, 0.3) is 6.08 Å². The second-order valence-corrected chi connectivity index (χ2v) is 6.07. The number of carbonyl (C=O) groups excluding carboxylic acids is 1. The number of anilines is 1. The van der Waals surface area contributed by atoms with Gasteiger partial charge in [-0.15, -0.1) is 0 Å². The molecule has 1 aliphatic carbocycles. The molecule has 0 radical (unpaired) electrons. The van der Waals surface area contributed by atoms with E-state index in [-0.39, 0.29) is 5.91 Å². The van der Waals surface area contributed by atoms with Crippen LogP contribution in [0.2, 0.25) is 0 Å². The molecule has 1 heterocycles. The van der Waals surface area contributed by atoms with E-state index in [4.69, 9.17) is 0 Å². The number of aromatic nitrogens is 1. The third-order valence-electron chi connectivity index (χ3n) is 4.25. The van der Waals surface area contributed by atoms with E-state index in [0.29, 0.717) is 6.04 Å². The minimum Gasteiger partial charge on any atom is -0.346 e. The first-order valence-electron chi connectivity index (χ1n) is 7.79. The molecule has 0 aliphatic heterocycles. The van der Waals surface area contributed by atoms with Gasteiger partial charge in [0.25, 0.3) is 0 Å². The van der Waals surface area contributed by atoms with Crippen LogP contribution in [0.4, 0.5) is 5.69 Å². The summed E-state index contributed by atoms with van der Waals surface area (Å²) >= 11 is 0. The van der Waals surface area contributed by atoms with Crippen LogP contribution in [0.5, 0.6) is 0 Å². The highest BCUT2D eigenvalue weighted by Gasteiger charge is 2.26. The fraction of sp³-hybridized carbons (Fsp3) is 0.316. The van der Waals surface area contributed by atoms with Crippen molar-refractivity contribution in [2.75, 3.05) is 5.32 Å². The molecule has 0 bridgehead atoms. The van der Waals surface area contributed by atoms with Crippen molar-refractivity contribution in [1.29, 1.82) is 0 Å². The van der Waals surface area contributed by atoms with Crippen molar-refractivity contribution in [2.24, 2.45) is 0 Å². The van der Waals surface area contributed by atoms with Gasteiger partial charge in [-0.1, -0.05) is 18.2 Å². The van der Waals surface area contributed by atoms with Crippen molar-refractivity contribution in [1.82, 2.24) is 4.57 Å². The Kier molecular flexibility index (Phi) is 3.88. The van der Waals surface area contributed by atoms with Crippen LogP contribution in [-0.4, -0.2) is 10.5 Å². The lowest BCUT2D eigenvalue weighted by Crippen LogP contribution is -2.08. The van der Waals surface area contributed by atoms with Crippen LogP contribution >= 0.6 is 0 Å². The van der Waals surface area contributed by atoms with Gasteiger partial charge in [-0.05, 0) is 62.9 Å². The molecule has 1 aromatic carbocycles. The van der Waals surface area contributed by atoms with Gasteiger partial charge in [-0.25, -0.2) is 0 Å². The smallest absolute Gasteiger partial charge is 0.248 e. The van der Waals surface area contributed by atoms with Gasteiger partial charge in [0, 0.05) is 29.2 Å². The van der Waals surface area contributed by atoms with Crippen molar-refractivity contribution < 1.29 is 4.79 Å². The molecule has 0 spiro atoms. The number of hydrogen-bond acceptors (Lipinski definition) is 1. The maximum atomic E-state index is 12.1. The maximum absolute atomic E-state index is 12.1. The summed E-state index contributed by atoms with van der Waals surface area (Å²) in [5, 5.41) is 2.92. The minimum absolute atomic E-state index is 0.0921. The molecule has 3 heteroatoms. The van der Waals surface area contributed by atoms with Crippen LogP contribution in [0.3, 0.4) is 0 Å². The number of carbonyl (C=O) groups is 1. The fourth-order valence-corrected chi connectivity index (χ4v) is 2.92. The zero-order chi connectivity index (χ0) is 15.7. The molecule has 3 nitrogen and oxygen atoms in total. The molecular weight excluding hydrogens is 272 g/mol. The van der Waals surface area contributed by atoms with Crippen LogP contribution in [0.1, 0.15) is 41.4 Å². The van der Waals surface area contributed by atoms with Crippen molar-refractivity contribution in [3.8, 4) is 0 Å². The SMILES string of the molecule is Cc1ccccc1NC(=O)/C=C/c1cc(C)n(C2CC2)c1C. The van der Waals surface area contributed by atoms with E-state index in [1.165, 1.54) is 24.2 Å². The average Bonchev–Trinajstić information content (AvgIpc) is 3.26. The molecule has 1 aliphatic rings. The molecular formula is C19H22N2O. The predicted octanol–water partition coefficient (Wildman–Crippen LogP) is 4.40. The fourth-order valence-electron chi connectivity index (χ4n) is 2.92. The molecule has 0 unspecified atom stereocenters. The molecule has 1 aromatic heterocycles. The summed E-state index contributed by atoms with van der Waals surface area (Å²) in [7, 11) is 0. The summed E-state index contributed by atoms with van der Waals surface area (Å²) in [5.74, 6) is -0.0921. The monoisotopic (exact) mass is 294 g/mol. The van der Waals surface area contributed by atoms with Gasteiger partial charge >= 0.3 is 0 Å². The summed E-state index contributed by atoms with van der Waals surface area (Å²) in [6.07, 6.45) is 6.07. The van der Waals surface area contributed by atoms with Gasteiger partial charge in [-0.3, -0.25) is 4.79 Å². The molecule has 1 fully saturated rings. The number of nitrogens with zero attached hydrogens (tertiary/aromatic N) is 1. The second kappa shape index (κ2) is 5.84.